The van der Waals surface area contributed by atoms with Crippen LogP contribution < -0.4 is 10.2 Å². The van der Waals surface area contributed by atoms with E-state index in [-0.39, 0.29) is 49.2 Å². The van der Waals surface area contributed by atoms with Gasteiger partial charge < -0.3 is 10.2 Å². The zero-order chi connectivity index (χ0) is 23.7. The van der Waals surface area contributed by atoms with E-state index in [1.54, 1.807) is 12.1 Å². The van der Waals surface area contributed by atoms with Crippen LogP contribution >= 0.6 is 0 Å². The molecule has 2 nitrogen and oxygen atoms in total. The topological polar surface area (TPSA) is 46.1 Å². The molecule has 0 atom stereocenters. The normalized spacial score (nSPS) is 10.9. The van der Waals surface area contributed by atoms with E-state index in [1.165, 1.54) is 77.0 Å². The summed E-state index contributed by atoms with van der Waals surface area (Å²) in [5, 5.41) is 25.5. The van der Waals surface area contributed by atoms with Gasteiger partial charge in [0.2, 0.25) is 0 Å². The molecular weight excluding hydrogens is 444 g/mol. The summed E-state index contributed by atoms with van der Waals surface area (Å²) in [5.74, 6) is 0.168. The Morgan fingerprint density at radius 1 is 0.500 bits per heavy atom. The summed E-state index contributed by atoms with van der Waals surface area (Å²) in [4.78, 5) is 0. The van der Waals surface area contributed by atoms with Gasteiger partial charge in [-0.2, -0.15) is 0 Å². The van der Waals surface area contributed by atoms with Crippen molar-refractivity contribution >= 4 is 37.7 Å². The molecule has 0 spiro atoms. The van der Waals surface area contributed by atoms with Crippen molar-refractivity contribution in [2.45, 2.75) is 123 Å². The Hall–Kier alpha value is -0.700. The largest absolute Gasteiger partial charge is 2.00 e. The maximum atomic E-state index is 12.8. The first-order valence-electron chi connectivity index (χ1n) is 13.7. The molecule has 0 aliphatic rings. The number of benzene rings is 2. The number of hydrogen-bond acceptors (Lipinski definition) is 2. The standard InChI is InChI=1S/C31H48O2.Ca/c1-3-5-7-9-11-13-15-19-26-21-17-23-30(32)28(26)25-29-27(22-18-24-31(29)33)20-16-14-12-10-8-6-4-2;/h17-18,21-24,32-33H,3-16,19-20,25H2,1-2H3;/q;+2/p-2. The number of unbranched alkanes of at least 4 members (excludes halogenated alkanes) is 12. The third-order valence-electron chi connectivity index (χ3n) is 6.91. The summed E-state index contributed by atoms with van der Waals surface area (Å²) in [5.41, 5.74) is 3.96. The van der Waals surface area contributed by atoms with E-state index in [1.807, 2.05) is 12.1 Å². The van der Waals surface area contributed by atoms with E-state index >= 15 is 0 Å². The summed E-state index contributed by atoms with van der Waals surface area (Å²) in [6, 6.07) is 11.3. The van der Waals surface area contributed by atoms with Crippen LogP contribution in [-0.2, 0) is 19.3 Å². The minimum atomic E-state index is 0. The predicted molar refractivity (Wildman–Crippen MR) is 144 cm³/mol. The Labute approximate surface area is 239 Å². The zero-order valence-electron chi connectivity index (χ0n) is 22.0. The Balaban J connectivity index is 0.00000578. The second-order valence-electron chi connectivity index (χ2n) is 9.71. The van der Waals surface area contributed by atoms with Crippen LogP contribution in [0.25, 0.3) is 0 Å². The van der Waals surface area contributed by atoms with Crippen LogP contribution in [0.3, 0.4) is 0 Å². The van der Waals surface area contributed by atoms with Gasteiger partial charge in [0.1, 0.15) is 0 Å². The van der Waals surface area contributed by atoms with E-state index < -0.39 is 0 Å². The van der Waals surface area contributed by atoms with Crippen molar-refractivity contribution < 1.29 is 10.2 Å². The number of hydrogen-bond donors (Lipinski definition) is 0. The van der Waals surface area contributed by atoms with Gasteiger partial charge in [0.25, 0.3) is 0 Å². The molecule has 2 rings (SSSR count). The Kier molecular flexibility index (Phi) is 18.0. The van der Waals surface area contributed by atoms with Crippen LogP contribution in [0.2, 0.25) is 0 Å². The molecule has 0 aliphatic carbocycles. The van der Waals surface area contributed by atoms with Crippen LogP contribution in [0.4, 0.5) is 0 Å². The fourth-order valence-corrected chi connectivity index (χ4v) is 4.81. The Morgan fingerprint density at radius 2 is 0.853 bits per heavy atom. The molecule has 0 fully saturated rings. The summed E-state index contributed by atoms with van der Waals surface area (Å²) >= 11 is 0. The van der Waals surface area contributed by atoms with Crippen LogP contribution in [-0.4, -0.2) is 37.7 Å². The molecule has 3 heteroatoms. The summed E-state index contributed by atoms with van der Waals surface area (Å²) in [6.45, 7) is 4.50. The first kappa shape index (κ1) is 31.3. The second kappa shape index (κ2) is 19.5. The van der Waals surface area contributed by atoms with E-state index in [0.29, 0.717) is 6.42 Å². The molecule has 0 saturated heterocycles. The van der Waals surface area contributed by atoms with Crippen molar-refractivity contribution in [2.24, 2.45) is 0 Å². The van der Waals surface area contributed by atoms with Gasteiger partial charge in [0, 0.05) is 0 Å². The minimum absolute atomic E-state index is 0. The molecule has 2 aromatic carbocycles. The van der Waals surface area contributed by atoms with Crippen LogP contribution in [0.15, 0.2) is 36.4 Å². The van der Waals surface area contributed by atoms with Crippen molar-refractivity contribution in [2.75, 3.05) is 0 Å². The third-order valence-corrected chi connectivity index (χ3v) is 6.91. The Morgan fingerprint density at radius 3 is 1.24 bits per heavy atom. The average Bonchev–Trinajstić information content (AvgIpc) is 2.81. The van der Waals surface area contributed by atoms with E-state index in [2.05, 4.69) is 26.0 Å². The zero-order valence-corrected chi connectivity index (χ0v) is 24.2. The molecule has 0 bridgehead atoms. The van der Waals surface area contributed by atoms with Gasteiger partial charge in [-0.3, -0.25) is 0 Å². The molecule has 0 heterocycles. The quantitative estimate of drug-likeness (QED) is 0.159. The van der Waals surface area contributed by atoms with Crippen molar-refractivity contribution in [3.8, 4) is 11.5 Å². The summed E-state index contributed by atoms with van der Waals surface area (Å²) in [7, 11) is 0. The summed E-state index contributed by atoms with van der Waals surface area (Å²) < 4.78 is 0. The SMILES string of the molecule is CCCCCCCCCc1cccc([O-])c1Cc1c([O-])cccc1CCCCCCCCC.[Ca+2]. The molecule has 34 heavy (non-hydrogen) atoms. The van der Waals surface area contributed by atoms with E-state index in [9.17, 15) is 10.2 Å². The molecule has 0 unspecified atom stereocenters. The molecule has 0 saturated carbocycles. The first-order valence-corrected chi connectivity index (χ1v) is 13.7. The Bertz CT molecular complexity index is 721. The van der Waals surface area contributed by atoms with Gasteiger partial charge >= 0.3 is 37.7 Å². The van der Waals surface area contributed by atoms with Crippen molar-refractivity contribution in [1.29, 1.82) is 0 Å². The fraction of sp³-hybridized carbons (Fsp3) is 0.613. The fourth-order valence-electron chi connectivity index (χ4n) is 4.81. The molecule has 0 N–H and O–H groups in total. The molecular formula is C31H46CaO2. The van der Waals surface area contributed by atoms with Gasteiger partial charge in [-0.05, 0) is 54.4 Å². The van der Waals surface area contributed by atoms with Gasteiger partial charge in [-0.15, -0.1) is 11.5 Å². The molecule has 0 aromatic heterocycles. The average molecular weight is 491 g/mol. The van der Waals surface area contributed by atoms with Gasteiger partial charge in [-0.25, -0.2) is 0 Å². The number of aryl methyl sites for hydroxylation is 2. The molecule has 184 valence electrons. The predicted octanol–water partition coefficient (Wildman–Crippen LogP) is 7.63. The third kappa shape index (κ3) is 11.8. The van der Waals surface area contributed by atoms with Crippen molar-refractivity contribution in [1.82, 2.24) is 0 Å². The maximum absolute atomic E-state index is 12.8. The molecule has 0 amide bonds. The van der Waals surface area contributed by atoms with Gasteiger partial charge in [0.15, 0.2) is 0 Å². The molecule has 2 aromatic rings. The minimum Gasteiger partial charge on any atom is -0.872 e. The summed E-state index contributed by atoms with van der Waals surface area (Å²) in [6.07, 6.45) is 20.1. The van der Waals surface area contributed by atoms with Gasteiger partial charge in [0.05, 0.1) is 0 Å². The van der Waals surface area contributed by atoms with E-state index in [4.69, 9.17) is 0 Å². The van der Waals surface area contributed by atoms with Crippen LogP contribution in [0.1, 0.15) is 126 Å². The van der Waals surface area contributed by atoms with Gasteiger partial charge in [-0.1, -0.05) is 127 Å². The van der Waals surface area contributed by atoms with Crippen LogP contribution in [0.5, 0.6) is 11.5 Å². The smallest absolute Gasteiger partial charge is 0.872 e. The van der Waals surface area contributed by atoms with E-state index in [0.717, 1.165) is 47.9 Å². The molecule has 0 aliphatic heterocycles. The first-order chi connectivity index (χ1) is 16.2. The number of rotatable bonds is 18. The monoisotopic (exact) mass is 490 g/mol. The van der Waals surface area contributed by atoms with Crippen molar-refractivity contribution in [3.63, 3.8) is 0 Å². The van der Waals surface area contributed by atoms with Crippen LogP contribution in [0, 0.1) is 0 Å². The molecule has 0 radical (unpaired) electrons. The maximum Gasteiger partial charge on any atom is 2.00 e. The second-order valence-corrected chi connectivity index (χ2v) is 9.71. The van der Waals surface area contributed by atoms with Crippen molar-refractivity contribution in [3.05, 3.63) is 58.7 Å².